The number of hydrogen-bond donors (Lipinski definition) is 1. The molecule has 1 heterocycles. The summed E-state index contributed by atoms with van der Waals surface area (Å²) in [6.45, 7) is 8.95. The molecule has 0 aliphatic carbocycles. The van der Waals surface area contributed by atoms with Crippen LogP contribution < -0.4 is 0 Å². The lowest BCUT2D eigenvalue weighted by Crippen LogP contribution is -2.51. The molecular formula is C19H28F3N5. The minimum absolute atomic E-state index is 0.121. The Morgan fingerprint density at radius 2 is 1.85 bits per heavy atom. The molecule has 0 amide bonds. The Balaban J connectivity index is 2.44. The van der Waals surface area contributed by atoms with Crippen molar-refractivity contribution in [1.82, 2.24) is 9.80 Å². The molecule has 0 aromatic heterocycles. The number of rotatable bonds is 5. The molecule has 1 aromatic rings. The largest absolute Gasteiger partial charge is 0.416 e. The molecule has 150 valence electrons. The van der Waals surface area contributed by atoms with Gasteiger partial charge in [-0.05, 0) is 43.7 Å². The van der Waals surface area contributed by atoms with Crippen LogP contribution in [0, 0.1) is 18.4 Å². The van der Waals surface area contributed by atoms with Crippen molar-refractivity contribution in [3.05, 3.63) is 29.3 Å². The van der Waals surface area contributed by atoms with Crippen molar-refractivity contribution in [2.24, 2.45) is 16.0 Å². The highest BCUT2D eigenvalue weighted by molar-refractivity contribution is 5.90. The van der Waals surface area contributed by atoms with Crippen LogP contribution >= 0.6 is 0 Å². The zero-order valence-electron chi connectivity index (χ0n) is 16.3. The van der Waals surface area contributed by atoms with E-state index in [0.29, 0.717) is 17.1 Å². The molecule has 1 fully saturated rings. The number of likely N-dealkylation sites (N-methyl/N-ethyl adjacent to an activating group) is 1. The van der Waals surface area contributed by atoms with Crippen LogP contribution in [0.25, 0.3) is 0 Å². The second kappa shape index (κ2) is 8.82. The lowest BCUT2D eigenvalue weighted by molar-refractivity contribution is -0.137. The molecule has 1 saturated heterocycles. The Kier molecular flexibility index (Phi) is 6.97. The standard InChI is InChI=1S/C19H28F3N5/c1-5-13(2)17(25-23)18(27-10-8-26(4)9-11-27)24-16-7-6-15(12-14(16)3)19(20,21)22/h6-7,12-13,17,23H,5,8-11H2,1-4H3. The van der Waals surface area contributed by atoms with Gasteiger partial charge in [-0.25, -0.2) is 10.5 Å². The fourth-order valence-corrected chi connectivity index (χ4v) is 3.10. The van der Waals surface area contributed by atoms with Crippen LogP contribution in [0.15, 0.2) is 28.3 Å². The topological polar surface area (TPSA) is 55.1 Å². The summed E-state index contributed by atoms with van der Waals surface area (Å²) in [6, 6.07) is 3.19. The molecule has 8 heteroatoms. The third kappa shape index (κ3) is 5.28. The second-order valence-corrected chi connectivity index (χ2v) is 7.22. The van der Waals surface area contributed by atoms with Crippen LogP contribution in [0.2, 0.25) is 0 Å². The van der Waals surface area contributed by atoms with Gasteiger partial charge in [0.15, 0.2) is 0 Å². The predicted molar refractivity (Wildman–Crippen MR) is 101 cm³/mol. The third-order valence-electron chi connectivity index (χ3n) is 5.17. The number of amidine groups is 1. The van der Waals surface area contributed by atoms with E-state index < -0.39 is 17.8 Å². The minimum atomic E-state index is -4.37. The van der Waals surface area contributed by atoms with Gasteiger partial charge in [0.05, 0.1) is 11.3 Å². The van der Waals surface area contributed by atoms with E-state index in [1.807, 2.05) is 13.8 Å². The molecular weight excluding hydrogens is 355 g/mol. The molecule has 2 unspecified atom stereocenters. The number of nitrogens with one attached hydrogen (secondary N) is 1. The number of benzene rings is 1. The van der Waals surface area contributed by atoms with Crippen molar-refractivity contribution in [2.45, 2.75) is 39.4 Å². The molecule has 27 heavy (non-hydrogen) atoms. The van der Waals surface area contributed by atoms with Gasteiger partial charge in [-0.15, -0.1) is 0 Å². The predicted octanol–water partition coefficient (Wildman–Crippen LogP) is 4.74. The van der Waals surface area contributed by atoms with Crippen molar-refractivity contribution in [3.8, 4) is 0 Å². The second-order valence-electron chi connectivity index (χ2n) is 7.22. The Hall–Kier alpha value is -1.96. The number of piperazine rings is 1. The molecule has 0 radical (unpaired) electrons. The van der Waals surface area contributed by atoms with Gasteiger partial charge < -0.3 is 9.80 Å². The average Bonchev–Trinajstić information content (AvgIpc) is 2.62. The minimum Gasteiger partial charge on any atom is -0.356 e. The first kappa shape index (κ1) is 21.3. The van der Waals surface area contributed by atoms with Gasteiger partial charge >= 0.3 is 6.18 Å². The first-order chi connectivity index (χ1) is 12.7. The summed E-state index contributed by atoms with van der Waals surface area (Å²) >= 11 is 0. The molecule has 0 bridgehead atoms. The van der Waals surface area contributed by atoms with E-state index >= 15 is 0 Å². The molecule has 2 atom stereocenters. The van der Waals surface area contributed by atoms with Crippen LogP contribution in [-0.2, 0) is 6.18 Å². The molecule has 5 nitrogen and oxygen atoms in total. The highest BCUT2D eigenvalue weighted by Gasteiger charge is 2.31. The van der Waals surface area contributed by atoms with E-state index in [4.69, 9.17) is 10.5 Å². The van der Waals surface area contributed by atoms with Gasteiger partial charge in [0, 0.05) is 26.2 Å². The van der Waals surface area contributed by atoms with Gasteiger partial charge in [-0.2, -0.15) is 18.3 Å². The molecule has 2 rings (SSSR count). The number of alkyl halides is 3. The number of halogens is 3. The molecule has 1 aliphatic heterocycles. The lowest BCUT2D eigenvalue weighted by atomic mass is 9.97. The summed E-state index contributed by atoms with van der Waals surface area (Å²) in [6.07, 6.45) is -3.53. The Labute approximate surface area is 158 Å². The van der Waals surface area contributed by atoms with E-state index in [2.05, 4.69) is 22.0 Å². The van der Waals surface area contributed by atoms with Crippen molar-refractivity contribution < 1.29 is 13.2 Å². The zero-order valence-corrected chi connectivity index (χ0v) is 16.3. The zero-order chi connectivity index (χ0) is 20.2. The van der Waals surface area contributed by atoms with E-state index in [1.165, 1.54) is 6.07 Å². The summed E-state index contributed by atoms with van der Waals surface area (Å²) in [5.41, 5.74) is 7.96. The monoisotopic (exact) mass is 383 g/mol. The molecule has 1 aromatic carbocycles. The van der Waals surface area contributed by atoms with Crippen molar-refractivity contribution in [2.75, 3.05) is 33.2 Å². The SMILES string of the molecule is CCC(C)C(N=N)C(=Nc1ccc(C(F)(F)F)cc1C)N1CCN(C)CC1. The summed E-state index contributed by atoms with van der Waals surface area (Å²) in [5.74, 6) is 0.797. The summed E-state index contributed by atoms with van der Waals surface area (Å²) in [5, 5.41) is 3.82. The summed E-state index contributed by atoms with van der Waals surface area (Å²) in [4.78, 5) is 9.05. The normalized spacial score (nSPS) is 19.1. The molecule has 0 saturated carbocycles. The van der Waals surface area contributed by atoms with E-state index in [9.17, 15) is 13.2 Å². The first-order valence-electron chi connectivity index (χ1n) is 9.23. The first-order valence-corrected chi connectivity index (χ1v) is 9.23. The Morgan fingerprint density at radius 3 is 2.33 bits per heavy atom. The van der Waals surface area contributed by atoms with Gasteiger partial charge in [-0.3, -0.25) is 0 Å². The lowest BCUT2D eigenvalue weighted by Gasteiger charge is -2.37. The number of nitrogens with zero attached hydrogens (tertiary/aromatic N) is 4. The quantitative estimate of drug-likeness (QED) is 0.454. The smallest absolute Gasteiger partial charge is 0.356 e. The van der Waals surface area contributed by atoms with Crippen LogP contribution in [-0.4, -0.2) is 54.9 Å². The van der Waals surface area contributed by atoms with E-state index in [-0.39, 0.29) is 5.92 Å². The fourth-order valence-electron chi connectivity index (χ4n) is 3.10. The molecule has 1 N–H and O–H groups in total. The highest BCUT2D eigenvalue weighted by atomic mass is 19.4. The maximum Gasteiger partial charge on any atom is 0.416 e. The van der Waals surface area contributed by atoms with Crippen LogP contribution in [0.4, 0.5) is 18.9 Å². The molecule has 1 aliphatic rings. The molecule has 0 spiro atoms. The van der Waals surface area contributed by atoms with Crippen LogP contribution in [0.1, 0.15) is 31.4 Å². The maximum absolute atomic E-state index is 12.9. The fraction of sp³-hybridized carbons (Fsp3) is 0.632. The number of hydrogen-bond acceptors (Lipinski definition) is 4. The summed E-state index contributed by atoms with van der Waals surface area (Å²) < 4.78 is 38.8. The van der Waals surface area contributed by atoms with Crippen molar-refractivity contribution >= 4 is 11.5 Å². The average molecular weight is 383 g/mol. The Bertz CT molecular complexity index is 678. The van der Waals surface area contributed by atoms with E-state index in [1.54, 1.807) is 6.92 Å². The Morgan fingerprint density at radius 1 is 1.22 bits per heavy atom. The highest BCUT2D eigenvalue weighted by Crippen LogP contribution is 2.33. The number of aryl methyl sites for hydroxylation is 1. The summed E-state index contributed by atoms with van der Waals surface area (Å²) in [7, 11) is 2.05. The number of aliphatic imine (C=N–C) groups is 1. The van der Waals surface area contributed by atoms with E-state index in [0.717, 1.165) is 44.7 Å². The maximum atomic E-state index is 12.9. The van der Waals surface area contributed by atoms with Crippen LogP contribution in [0.3, 0.4) is 0 Å². The van der Waals surface area contributed by atoms with Gasteiger partial charge in [-0.1, -0.05) is 20.3 Å². The van der Waals surface area contributed by atoms with Crippen LogP contribution in [0.5, 0.6) is 0 Å². The van der Waals surface area contributed by atoms with Crippen molar-refractivity contribution in [3.63, 3.8) is 0 Å². The van der Waals surface area contributed by atoms with Gasteiger partial charge in [0.2, 0.25) is 0 Å². The van der Waals surface area contributed by atoms with Gasteiger partial charge in [0.1, 0.15) is 11.9 Å². The third-order valence-corrected chi connectivity index (χ3v) is 5.17. The van der Waals surface area contributed by atoms with Gasteiger partial charge in [0.25, 0.3) is 0 Å². The van der Waals surface area contributed by atoms with Crippen molar-refractivity contribution in [1.29, 1.82) is 5.53 Å².